The summed E-state index contributed by atoms with van der Waals surface area (Å²) in [6.07, 6.45) is 1.47. The highest BCUT2D eigenvalue weighted by molar-refractivity contribution is 6.34. The van der Waals surface area contributed by atoms with Crippen molar-refractivity contribution in [2.24, 2.45) is 0 Å². The molecule has 1 aromatic carbocycles. The minimum Gasteiger partial charge on any atom is -0.478 e. The maximum absolute atomic E-state index is 10.7. The number of aromatic carboxylic acids is 1. The van der Waals surface area contributed by atoms with Gasteiger partial charge in [0.1, 0.15) is 11.1 Å². The summed E-state index contributed by atoms with van der Waals surface area (Å²) in [5.74, 6) is -0.641. The SMILES string of the molecule is N#Cc1ccnc(Nc2ccc(C(=O)O)cc2)c1Cl. The molecule has 0 saturated carbocycles. The molecule has 2 aromatic rings. The second kappa shape index (κ2) is 5.38. The van der Waals surface area contributed by atoms with Crippen LogP contribution in [0.25, 0.3) is 0 Å². The molecule has 0 aliphatic carbocycles. The number of hydrogen-bond donors (Lipinski definition) is 2. The van der Waals surface area contributed by atoms with E-state index in [-0.39, 0.29) is 10.6 Å². The van der Waals surface area contributed by atoms with Crippen LogP contribution in [0.15, 0.2) is 36.5 Å². The molecule has 94 valence electrons. The summed E-state index contributed by atoms with van der Waals surface area (Å²) in [4.78, 5) is 14.7. The van der Waals surface area contributed by atoms with Crippen molar-refractivity contribution in [3.8, 4) is 6.07 Å². The van der Waals surface area contributed by atoms with Crippen molar-refractivity contribution in [3.63, 3.8) is 0 Å². The monoisotopic (exact) mass is 273 g/mol. The summed E-state index contributed by atoms with van der Waals surface area (Å²) in [5.41, 5.74) is 1.14. The molecule has 0 saturated heterocycles. The Morgan fingerprint density at radius 1 is 1.32 bits per heavy atom. The fraction of sp³-hybridized carbons (Fsp3) is 0. The van der Waals surface area contributed by atoms with Gasteiger partial charge in [0.2, 0.25) is 0 Å². The van der Waals surface area contributed by atoms with Gasteiger partial charge in [-0.2, -0.15) is 5.26 Å². The molecule has 0 aliphatic heterocycles. The first-order valence-corrected chi connectivity index (χ1v) is 5.64. The second-order valence-electron chi connectivity index (χ2n) is 3.64. The molecule has 1 aromatic heterocycles. The third-order valence-corrected chi connectivity index (χ3v) is 2.79. The number of rotatable bonds is 3. The van der Waals surface area contributed by atoms with Crippen molar-refractivity contribution < 1.29 is 9.90 Å². The predicted molar refractivity (Wildman–Crippen MR) is 70.6 cm³/mol. The number of nitrogens with one attached hydrogen (secondary N) is 1. The van der Waals surface area contributed by atoms with Crippen molar-refractivity contribution in [3.05, 3.63) is 52.7 Å². The van der Waals surface area contributed by atoms with Gasteiger partial charge >= 0.3 is 5.97 Å². The number of nitrogens with zero attached hydrogens (tertiary/aromatic N) is 2. The molecule has 6 heteroatoms. The standard InChI is InChI=1S/C13H8ClN3O2/c14-11-9(7-15)5-6-16-12(11)17-10-3-1-8(2-4-10)13(18)19/h1-6H,(H,16,17)(H,18,19). The van der Waals surface area contributed by atoms with Crippen LogP contribution in [0.5, 0.6) is 0 Å². The zero-order valence-electron chi connectivity index (χ0n) is 9.59. The number of carbonyl (C=O) groups is 1. The van der Waals surface area contributed by atoms with Crippen molar-refractivity contribution in [2.75, 3.05) is 5.32 Å². The number of hydrogen-bond acceptors (Lipinski definition) is 4. The molecule has 0 amide bonds. The van der Waals surface area contributed by atoms with Crippen LogP contribution in [0.2, 0.25) is 5.02 Å². The van der Waals surface area contributed by atoms with Crippen LogP contribution in [-0.2, 0) is 0 Å². The third-order valence-electron chi connectivity index (χ3n) is 2.40. The van der Waals surface area contributed by atoms with Crippen LogP contribution in [0, 0.1) is 11.3 Å². The van der Waals surface area contributed by atoms with E-state index in [1.54, 1.807) is 12.1 Å². The fourth-order valence-corrected chi connectivity index (χ4v) is 1.65. The third kappa shape index (κ3) is 2.81. The maximum Gasteiger partial charge on any atom is 0.335 e. The lowest BCUT2D eigenvalue weighted by molar-refractivity contribution is 0.0697. The zero-order valence-corrected chi connectivity index (χ0v) is 10.3. The summed E-state index contributed by atoms with van der Waals surface area (Å²) < 4.78 is 0. The first kappa shape index (κ1) is 12.9. The van der Waals surface area contributed by atoms with Crippen LogP contribution < -0.4 is 5.32 Å². The quantitative estimate of drug-likeness (QED) is 0.897. The normalized spacial score (nSPS) is 9.68. The Bertz CT molecular complexity index is 663. The Morgan fingerprint density at radius 2 is 2.00 bits per heavy atom. The summed E-state index contributed by atoms with van der Waals surface area (Å²) in [6.45, 7) is 0. The first-order chi connectivity index (χ1) is 9.11. The van der Waals surface area contributed by atoms with Crippen LogP contribution in [0.4, 0.5) is 11.5 Å². The minimum absolute atomic E-state index is 0.190. The van der Waals surface area contributed by atoms with E-state index in [2.05, 4.69) is 10.3 Å². The Labute approximate surface area is 114 Å². The summed E-state index contributed by atoms with van der Waals surface area (Å²) in [6, 6.07) is 9.60. The molecule has 19 heavy (non-hydrogen) atoms. The van der Waals surface area contributed by atoms with Gasteiger partial charge < -0.3 is 10.4 Å². The fourth-order valence-electron chi connectivity index (χ4n) is 1.45. The van der Waals surface area contributed by atoms with Gasteiger partial charge in [0.25, 0.3) is 0 Å². The molecule has 5 nitrogen and oxygen atoms in total. The Balaban J connectivity index is 2.27. The topological polar surface area (TPSA) is 86.0 Å². The highest BCUT2D eigenvalue weighted by Crippen LogP contribution is 2.26. The highest BCUT2D eigenvalue weighted by Gasteiger charge is 2.08. The predicted octanol–water partition coefficient (Wildman–Crippen LogP) is 3.05. The number of carboxylic acid groups (broad SMARTS) is 1. The van der Waals surface area contributed by atoms with Crippen molar-refractivity contribution in [1.82, 2.24) is 4.98 Å². The number of pyridine rings is 1. The van der Waals surface area contributed by atoms with Crippen molar-refractivity contribution in [1.29, 1.82) is 5.26 Å². The second-order valence-corrected chi connectivity index (χ2v) is 4.02. The Hall–Kier alpha value is -2.58. The van der Waals surface area contributed by atoms with Gasteiger partial charge in [0, 0.05) is 11.9 Å². The number of anilines is 2. The summed E-state index contributed by atoms with van der Waals surface area (Å²) >= 11 is 6.00. The average molecular weight is 274 g/mol. The van der Waals surface area contributed by atoms with E-state index in [0.29, 0.717) is 17.1 Å². The molecule has 1 heterocycles. The molecular weight excluding hydrogens is 266 g/mol. The number of carboxylic acids is 1. The van der Waals surface area contributed by atoms with Gasteiger partial charge in [0.05, 0.1) is 11.1 Å². The molecule has 0 fully saturated rings. The molecular formula is C13H8ClN3O2. The maximum atomic E-state index is 10.7. The lowest BCUT2D eigenvalue weighted by atomic mass is 10.2. The number of benzene rings is 1. The van der Waals surface area contributed by atoms with E-state index in [0.717, 1.165) is 0 Å². The molecule has 2 rings (SSSR count). The lowest BCUT2D eigenvalue weighted by Gasteiger charge is -2.08. The lowest BCUT2D eigenvalue weighted by Crippen LogP contribution is -1.98. The molecule has 0 spiro atoms. The van der Waals surface area contributed by atoms with Crippen LogP contribution in [-0.4, -0.2) is 16.1 Å². The number of aromatic nitrogens is 1. The highest BCUT2D eigenvalue weighted by atomic mass is 35.5. The first-order valence-electron chi connectivity index (χ1n) is 5.27. The van der Waals surface area contributed by atoms with Gasteiger partial charge in [-0.15, -0.1) is 0 Å². The Kier molecular flexibility index (Phi) is 3.64. The largest absolute Gasteiger partial charge is 0.478 e. The number of halogens is 1. The van der Waals surface area contributed by atoms with E-state index in [1.165, 1.54) is 24.4 Å². The van der Waals surface area contributed by atoms with Crippen LogP contribution in [0.1, 0.15) is 15.9 Å². The van der Waals surface area contributed by atoms with E-state index in [4.69, 9.17) is 22.0 Å². The molecule has 0 bridgehead atoms. The van der Waals surface area contributed by atoms with Gasteiger partial charge in [-0.3, -0.25) is 0 Å². The number of nitriles is 1. The van der Waals surface area contributed by atoms with E-state index in [1.807, 2.05) is 6.07 Å². The van der Waals surface area contributed by atoms with Crippen LogP contribution in [0.3, 0.4) is 0 Å². The van der Waals surface area contributed by atoms with Gasteiger partial charge in [-0.1, -0.05) is 11.6 Å². The molecule has 0 aliphatic rings. The minimum atomic E-state index is -0.991. The molecule has 0 atom stereocenters. The van der Waals surface area contributed by atoms with Crippen molar-refractivity contribution >= 4 is 29.1 Å². The molecule has 2 N–H and O–H groups in total. The summed E-state index contributed by atoms with van der Waals surface area (Å²) in [7, 11) is 0. The van der Waals surface area contributed by atoms with Gasteiger partial charge in [0.15, 0.2) is 5.82 Å². The Morgan fingerprint density at radius 3 is 2.58 bits per heavy atom. The molecule has 0 radical (unpaired) electrons. The van der Waals surface area contributed by atoms with Crippen LogP contribution >= 0.6 is 11.6 Å². The average Bonchev–Trinajstić information content (AvgIpc) is 2.42. The van der Waals surface area contributed by atoms with Crippen molar-refractivity contribution in [2.45, 2.75) is 0 Å². The molecule has 0 unspecified atom stereocenters. The van der Waals surface area contributed by atoms with Gasteiger partial charge in [-0.05, 0) is 30.3 Å². The van der Waals surface area contributed by atoms with E-state index in [9.17, 15) is 4.79 Å². The van der Waals surface area contributed by atoms with E-state index < -0.39 is 5.97 Å². The van der Waals surface area contributed by atoms with Gasteiger partial charge in [-0.25, -0.2) is 9.78 Å². The van der Waals surface area contributed by atoms with E-state index >= 15 is 0 Å². The zero-order chi connectivity index (χ0) is 13.8. The summed E-state index contributed by atoms with van der Waals surface area (Å²) in [5, 5.41) is 20.8. The smallest absolute Gasteiger partial charge is 0.335 e.